The third-order valence-corrected chi connectivity index (χ3v) is 4.86. The van der Waals surface area contributed by atoms with E-state index in [2.05, 4.69) is 10.3 Å². The highest BCUT2D eigenvalue weighted by Crippen LogP contribution is 2.40. The van der Waals surface area contributed by atoms with Gasteiger partial charge in [0.1, 0.15) is 30.8 Å². The standard InChI is InChI=1S/C19H17Cl2N3O4/c20-13-1-6-17(18(21)9-13)19(12-24-8-7-22-23-24)27-11-16(28-19)10-26-15-4-2-14(25)3-5-15/h1-9,16,25H,10-12H2. The van der Waals surface area contributed by atoms with Crippen LogP contribution in [0.5, 0.6) is 11.5 Å². The number of ether oxygens (including phenoxy) is 3. The maximum atomic E-state index is 9.36. The quantitative estimate of drug-likeness (QED) is 0.654. The number of nitrogens with zero attached hydrogens (tertiary/aromatic N) is 3. The van der Waals surface area contributed by atoms with Gasteiger partial charge in [0, 0.05) is 16.8 Å². The number of halogens is 2. The average Bonchev–Trinajstić information content (AvgIpc) is 3.32. The molecule has 0 aliphatic carbocycles. The number of phenols is 1. The van der Waals surface area contributed by atoms with E-state index in [0.717, 1.165) is 0 Å². The first kappa shape index (κ1) is 19.0. The van der Waals surface area contributed by atoms with E-state index in [0.29, 0.717) is 28.0 Å². The molecule has 0 spiro atoms. The monoisotopic (exact) mass is 421 g/mol. The fraction of sp³-hybridized carbons (Fsp3) is 0.263. The lowest BCUT2D eigenvalue weighted by molar-refractivity contribution is -0.190. The highest BCUT2D eigenvalue weighted by molar-refractivity contribution is 6.35. The summed E-state index contributed by atoms with van der Waals surface area (Å²) in [6.45, 7) is 0.852. The van der Waals surface area contributed by atoms with E-state index in [1.165, 1.54) is 0 Å². The molecule has 28 heavy (non-hydrogen) atoms. The predicted molar refractivity (Wildman–Crippen MR) is 103 cm³/mol. The lowest BCUT2D eigenvalue weighted by Crippen LogP contribution is -2.35. The van der Waals surface area contributed by atoms with Gasteiger partial charge in [0.05, 0.1) is 17.8 Å². The number of rotatable bonds is 6. The van der Waals surface area contributed by atoms with Crippen molar-refractivity contribution >= 4 is 23.2 Å². The molecule has 2 aromatic carbocycles. The molecule has 3 aromatic rings. The van der Waals surface area contributed by atoms with Gasteiger partial charge in [-0.15, -0.1) is 5.10 Å². The van der Waals surface area contributed by atoms with E-state index in [1.54, 1.807) is 59.5 Å². The summed E-state index contributed by atoms with van der Waals surface area (Å²) in [4.78, 5) is 0. The lowest BCUT2D eigenvalue weighted by atomic mass is 10.1. The fourth-order valence-electron chi connectivity index (χ4n) is 3.02. The van der Waals surface area contributed by atoms with E-state index in [-0.39, 0.29) is 25.0 Å². The smallest absolute Gasteiger partial charge is 0.217 e. The molecular weight excluding hydrogens is 405 g/mol. The molecule has 2 atom stereocenters. The molecule has 2 heterocycles. The van der Waals surface area contributed by atoms with Gasteiger partial charge in [-0.2, -0.15) is 0 Å². The van der Waals surface area contributed by atoms with Crippen molar-refractivity contribution in [2.45, 2.75) is 18.4 Å². The Kier molecular flexibility index (Phi) is 5.41. The molecule has 0 saturated carbocycles. The molecule has 0 radical (unpaired) electrons. The van der Waals surface area contributed by atoms with Crippen LogP contribution in [0.3, 0.4) is 0 Å². The van der Waals surface area contributed by atoms with Crippen LogP contribution in [-0.2, 0) is 21.8 Å². The molecular formula is C19H17Cl2N3O4. The number of benzene rings is 2. The maximum absolute atomic E-state index is 9.36. The molecule has 1 aliphatic rings. The van der Waals surface area contributed by atoms with Crippen molar-refractivity contribution in [2.75, 3.05) is 13.2 Å². The van der Waals surface area contributed by atoms with E-state index in [9.17, 15) is 5.11 Å². The van der Waals surface area contributed by atoms with E-state index in [4.69, 9.17) is 37.4 Å². The molecule has 4 rings (SSSR count). The zero-order valence-electron chi connectivity index (χ0n) is 14.7. The normalized spacial score (nSPS) is 21.7. The highest BCUT2D eigenvalue weighted by Gasteiger charge is 2.45. The van der Waals surface area contributed by atoms with Crippen molar-refractivity contribution in [1.82, 2.24) is 15.0 Å². The first-order valence-electron chi connectivity index (χ1n) is 8.57. The van der Waals surface area contributed by atoms with Crippen LogP contribution in [0, 0.1) is 0 Å². The Hall–Kier alpha value is -2.32. The SMILES string of the molecule is Oc1ccc(OCC2COC(Cn3ccnn3)(c3ccc(Cl)cc3Cl)O2)cc1. The Bertz CT molecular complexity index is 937. The van der Waals surface area contributed by atoms with Crippen LogP contribution in [0.4, 0.5) is 0 Å². The summed E-state index contributed by atoms with van der Waals surface area (Å²) in [6, 6.07) is 11.7. The maximum Gasteiger partial charge on any atom is 0.217 e. The second-order valence-electron chi connectivity index (χ2n) is 6.33. The van der Waals surface area contributed by atoms with Gasteiger partial charge in [-0.3, -0.25) is 0 Å². The van der Waals surface area contributed by atoms with Gasteiger partial charge in [0.25, 0.3) is 0 Å². The Morgan fingerprint density at radius 2 is 2.04 bits per heavy atom. The van der Waals surface area contributed by atoms with Gasteiger partial charge < -0.3 is 19.3 Å². The van der Waals surface area contributed by atoms with Crippen molar-refractivity contribution in [2.24, 2.45) is 0 Å². The highest BCUT2D eigenvalue weighted by atomic mass is 35.5. The van der Waals surface area contributed by atoms with Crippen molar-refractivity contribution in [1.29, 1.82) is 0 Å². The van der Waals surface area contributed by atoms with Crippen LogP contribution >= 0.6 is 23.2 Å². The first-order valence-corrected chi connectivity index (χ1v) is 9.33. The van der Waals surface area contributed by atoms with Crippen LogP contribution in [0.2, 0.25) is 10.0 Å². The lowest BCUT2D eigenvalue weighted by Gasteiger charge is -2.29. The van der Waals surface area contributed by atoms with Crippen LogP contribution in [0.1, 0.15) is 5.56 Å². The number of phenolic OH excluding ortho intramolecular Hbond substituents is 1. The van der Waals surface area contributed by atoms with Crippen molar-refractivity contribution in [3.63, 3.8) is 0 Å². The predicted octanol–water partition coefficient (Wildman–Crippen LogP) is 3.64. The van der Waals surface area contributed by atoms with Gasteiger partial charge in [-0.05, 0) is 36.4 Å². The zero-order chi connectivity index (χ0) is 19.6. The summed E-state index contributed by atoms with van der Waals surface area (Å²) in [6.07, 6.45) is 2.97. The summed E-state index contributed by atoms with van der Waals surface area (Å²) in [7, 11) is 0. The summed E-state index contributed by atoms with van der Waals surface area (Å²) in [5.41, 5.74) is 0.654. The number of aromatic nitrogens is 3. The minimum atomic E-state index is -1.14. The molecule has 1 saturated heterocycles. The molecule has 9 heteroatoms. The molecule has 1 aliphatic heterocycles. The number of hydrogen-bond donors (Lipinski definition) is 1. The van der Waals surface area contributed by atoms with Gasteiger partial charge >= 0.3 is 0 Å². The summed E-state index contributed by atoms with van der Waals surface area (Å²) >= 11 is 12.5. The molecule has 7 nitrogen and oxygen atoms in total. The molecule has 0 amide bonds. The second-order valence-corrected chi connectivity index (χ2v) is 7.18. The number of aromatic hydroxyl groups is 1. The minimum Gasteiger partial charge on any atom is -0.508 e. The number of hydrogen-bond acceptors (Lipinski definition) is 6. The Balaban J connectivity index is 1.54. The fourth-order valence-corrected chi connectivity index (χ4v) is 3.57. The topological polar surface area (TPSA) is 78.6 Å². The summed E-state index contributed by atoms with van der Waals surface area (Å²) in [5.74, 6) is -0.338. The average molecular weight is 422 g/mol. The molecule has 1 aromatic heterocycles. The van der Waals surface area contributed by atoms with Gasteiger partial charge in [-0.1, -0.05) is 34.5 Å². The van der Waals surface area contributed by atoms with Crippen molar-refractivity contribution < 1.29 is 19.3 Å². The van der Waals surface area contributed by atoms with E-state index in [1.807, 2.05) is 0 Å². The molecule has 1 fully saturated rings. The second kappa shape index (κ2) is 7.97. The van der Waals surface area contributed by atoms with E-state index >= 15 is 0 Å². The zero-order valence-corrected chi connectivity index (χ0v) is 16.2. The summed E-state index contributed by atoms with van der Waals surface area (Å²) in [5, 5.41) is 18.2. The summed E-state index contributed by atoms with van der Waals surface area (Å²) < 4.78 is 19.7. The first-order chi connectivity index (χ1) is 13.5. The van der Waals surface area contributed by atoms with Gasteiger partial charge in [-0.25, -0.2) is 4.68 Å². The van der Waals surface area contributed by atoms with Gasteiger partial charge in [0.2, 0.25) is 5.79 Å². The van der Waals surface area contributed by atoms with E-state index < -0.39 is 5.79 Å². The third-order valence-electron chi connectivity index (χ3n) is 4.32. The molecule has 0 bridgehead atoms. The Labute approximate surface area is 171 Å². The van der Waals surface area contributed by atoms with Crippen LogP contribution < -0.4 is 4.74 Å². The van der Waals surface area contributed by atoms with Crippen LogP contribution in [0.15, 0.2) is 54.9 Å². The van der Waals surface area contributed by atoms with Crippen molar-refractivity contribution in [3.8, 4) is 11.5 Å². The molecule has 1 N–H and O–H groups in total. The molecule has 2 unspecified atom stereocenters. The Morgan fingerprint density at radius 1 is 1.21 bits per heavy atom. The largest absolute Gasteiger partial charge is 0.508 e. The Morgan fingerprint density at radius 3 is 2.75 bits per heavy atom. The molecule has 146 valence electrons. The van der Waals surface area contributed by atoms with Crippen LogP contribution in [0.25, 0.3) is 0 Å². The van der Waals surface area contributed by atoms with Crippen LogP contribution in [-0.4, -0.2) is 39.4 Å². The minimum absolute atomic E-state index is 0.178. The van der Waals surface area contributed by atoms with Gasteiger partial charge in [0.15, 0.2) is 0 Å². The third kappa shape index (κ3) is 4.07. The van der Waals surface area contributed by atoms with Crippen molar-refractivity contribution in [3.05, 3.63) is 70.5 Å².